The molecule has 0 amide bonds. The van der Waals surface area contributed by atoms with Gasteiger partial charge < -0.3 is 4.74 Å². The zero-order valence-electron chi connectivity index (χ0n) is 43.8. The van der Waals surface area contributed by atoms with E-state index in [9.17, 15) is 0 Å². The number of benzene rings is 16. The Bertz CT molecular complexity index is 5670. The molecular weight excluding hydrogens is 977 g/mol. The molecule has 370 valence electrons. The van der Waals surface area contributed by atoms with Crippen LogP contribution in [-0.4, -0.2) is 0 Å². The van der Waals surface area contributed by atoms with Crippen molar-refractivity contribution in [2.45, 2.75) is 0 Å². The number of rotatable bonds is 6. The van der Waals surface area contributed by atoms with Crippen molar-refractivity contribution in [3.8, 4) is 78.3 Å². The van der Waals surface area contributed by atoms with Crippen molar-refractivity contribution in [1.82, 2.24) is 0 Å². The van der Waals surface area contributed by atoms with E-state index >= 15 is 0 Å². The summed E-state index contributed by atoms with van der Waals surface area (Å²) in [7, 11) is 0. The minimum Gasteiger partial charge on any atom is -0.457 e. The van der Waals surface area contributed by atoms with E-state index in [-0.39, 0.29) is 0 Å². The lowest BCUT2D eigenvalue weighted by Crippen LogP contribution is -1.94. The molecule has 0 saturated heterocycles. The quantitative estimate of drug-likeness (QED) is 0.119. The van der Waals surface area contributed by atoms with E-state index in [0.29, 0.717) is 0 Å². The summed E-state index contributed by atoms with van der Waals surface area (Å²) >= 11 is 0. The second kappa shape index (κ2) is 16.0. The lowest BCUT2D eigenvalue weighted by atomic mass is 9.82. The van der Waals surface area contributed by atoms with Gasteiger partial charge in [-0.25, -0.2) is 0 Å². The maximum Gasteiger partial charge on any atom is 0.128 e. The van der Waals surface area contributed by atoms with Gasteiger partial charge in [-0.15, -0.1) is 0 Å². The van der Waals surface area contributed by atoms with Crippen LogP contribution in [0.4, 0.5) is 0 Å². The Labute approximate surface area is 465 Å². The highest BCUT2D eigenvalue weighted by atomic mass is 16.5. The lowest BCUT2D eigenvalue weighted by molar-refractivity contribution is 0.483. The van der Waals surface area contributed by atoms with Crippen molar-refractivity contribution in [2.24, 2.45) is 0 Å². The summed E-state index contributed by atoms with van der Waals surface area (Å²) in [6, 6.07) is 99.4. The molecule has 0 spiro atoms. The number of fused-ring (bicyclic) bond motifs is 15. The molecule has 19 rings (SSSR count). The molecular formula is C80H44O. The van der Waals surface area contributed by atoms with E-state index in [2.05, 4.69) is 237 Å². The van der Waals surface area contributed by atoms with E-state index in [4.69, 9.17) is 4.74 Å². The fourth-order valence-corrected chi connectivity index (χ4v) is 15.4. The van der Waals surface area contributed by atoms with Gasteiger partial charge in [0.1, 0.15) is 11.5 Å². The minimum atomic E-state index is 0.814. The Morgan fingerprint density at radius 3 is 1.17 bits per heavy atom. The van der Waals surface area contributed by atoms with E-state index in [1.165, 1.54) is 185 Å². The fraction of sp³-hybridized carbons (Fsp3) is 0. The van der Waals surface area contributed by atoms with Crippen LogP contribution in [0.1, 0.15) is 0 Å². The molecule has 0 fully saturated rings. The lowest BCUT2D eigenvalue weighted by Gasteiger charge is -2.21. The Morgan fingerprint density at radius 2 is 0.543 bits per heavy atom. The van der Waals surface area contributed by atoms with Crippen LogP contribution in [0.2, 0.25) is 0 Å². The molecule has 0 N–H and O–H groups in total. The predicted octanol–water partition coefficient (Wildman–Crippen LogP) is 22.8. The molecule has 1 heteroatoms. The summed E-state index contributed by atoms with van der Waals surface area (Å²) in [4.78, 5) is 0. The van der Waals surface area contributed by atoms with Crippen molar-refractivity contribution in [3.05, 3.63) is 267 Å². The molecule has 0 saturated carbocycles. The van der Waals surface area contributed by atoms with Gasteiger partial charge in [-0.3, -0.25) is 0 Å². The largest absolute Gasteiger partial charge is 0.457 e. The average molecular weight is 1020 g/mol. The van der Waals surface area contributed by atoms with Gasteiger partial charge in [0.2, 0.25) is 0 Å². The number of para-hydroxylation sites is 1. The standard InChI is InChI=1S/C80H44O/c1-5-19-45(20-6-1)50-27-13-14-28-51(50)70-52-29-15-16-30-53(52)73-54-31-17-18-32-55(54)77-76-62-40-37-57-59-39-42-64-75-63(41-38-58(72(59)75)56-35-36-61(74(62)71(56)57)66(76)44-67(70)80(73)77)78-68(46-21-7-2-8-22-46)60-34-33-49(81-48-25-11-4-12-26-48)43-65(60)69(79(64)78)47-23-9-3-10-24-47/h1-44H. The van der Waals surface area contributed by atoms with Crippen LogP contribution >= 0.6 is 0 Å². The molecule has 18 aromatic carbocycles. The van der Waals surface area contributed by atoms with Gasteiger partial charge in [-0.05, 0) is 216 Å². The summed E-state index contributed by atoms with van der Waals surface area (Å²) in [5.74, 6) is 1.63. The van der Waals surface area contributed by atoms with Crippen LogP contribution in [0, 0.1) is 0 Å². The summed E-state index contributed by atoms with van der Waals surface area (Å²) in [6.07, 6.45) is 0. The van der Waals surface area contributed by atoms with Crippen molar-refractivity contribution < 1.29 is 4.74 Å². The van der Waals surface area contributed by atoms with Crippen LogP contribution in [0.3, 0.4) is 0 Å². The van der Waals surface area contributed by atoms with E-state index in [1.54, 1.807) is 0 Å². The number of ether oxygens (including phenoxy) is 1. The summed E-state index contributed by atoms with van der Waals surface area (Å²) < 4.78 is 6.63. The first-order valence-electron chi connectivity index (χ1n) is 28.2. The Balaban J connectivity index is 0.926. The molecule has 0 bridgehead atoms. The third-order valence-electron chi connectivity index (χ3n) is 18.4. The molecule has 81 heavy (non-hydrogen) atoms. The SMILES string of the molecule is c1ccc(Oc2ccc3c(-c4ccccc4)c4c(c(-c5ccccc5)c3c2)-c2ccc3c5ccc6c7c(ccc(c8ccc-4c2c83)c57)c2cc3c(-c4ccccc4-c4ccccc4)c4ccccc4c4c5ccccc5c(c26)c34)cc1. The maximum atomic E-state index is 6.63. The molecule has 0 unspecified atom stereocenters. The highest BCUT2D eigenvalue weighted by Crippen LogP contribution is 2.61. The molecule has 1 aliphatic rings. The van der Waals surface area contributed by atoms with Crippen molar-refractivity contribution in [1.29, 1.82) is 0 Å². The first kappa shape index (κ1) is 43.4. The second-order valence-electron chi connectivity index (χ2n) is 22.3. The first-order valence-corrected chi connectivity index (χ1v) is 28.2. The fourth-order valence-electron chi connectivity index (χ4n) is 15.4. The Hall–Kier alpha value is -10.6. The summed E-state index contributed by atoms with van der Waals surface area (Å²) in [5.41, 5.74) is 15.0. The number of hydrogen-bond acceptors (Lipinski definition) is 1. The van der Waals surface area contributed by atoms with Gasteiger partial charge in [-0.2, -0.15) is 0 Å². The molecule has 1 aliphatic carbocycles. The van der Waals surface area contributed by atoms with Crippen LogP contribution in [0.5, 0.6) is 11.5 Å². The van der Waals surface area contributed by atoms with Gasteiger partial charge >= 0.3 is 0 Å². The van der Waals surface area contributed by atoms with Gasteiger partial charge in [0.05, 0.1) is 0 Å². The normalized spacial score (nSPS) is 12.4. The zero-order chi connectivity index (χ0) is 52.6. The summed E-state index contributed by atoms with van der Waals surface area (Å²) in [5, 5.41) is 28.8. The van der Waals surface area contributed by atoms with Crippen LogP contribution in [0.25, 0.3) is 185 Å². The molecule has 18 aromatic rings. The van der Waals surface area contributed by atoms with Crippen molar-refractivity contribution in [2.75, 3.05) is 0 Å². The van der Waals surface area contributed by atoms with E-state index in [1.807, 2.05) is 30.3 Å². The summed E-state index contributed by atoms with van der Waals surface area (Å²) in [6.45, 7) is 0. The highest BCUT2D eigenvalue weighted by Gasteiger charge is 2.34. The topological polar surface area (TPSA) is 9.23 Å². The first-order chi connectivity index (χ1) is 40.2. The van der Waals surface area contributed by atoms with Crippen LogP contribution in [-0.2, 0) is 0 Å². The van der Waals surface area contributed by atoms with E-state index < -0.39 is 0 Å². The monoisotopic (exact) mass is 1020 g/mol. The molecule has 0 atom stereocenters. The smallest absolute Gasteiger partial charge is 0.128 e. The van der Waals surface area contributed by atoms with Crippen molar-refractivity contribution >= 4 is 118 Å². The predicted molar refractivity (Wildman–Crippen MR) is 345 cm³/mol. The Morgan fingerprint density at radius 1 is 0.160 bits per heavy atom. The van der Waals surface area contributed by atoms with Gasteiger partial charge in [0.25, 0.3) is 0 Å². The zero-order valence-corrected chi connectivity index (χ0v) is 43.8. The minimum absolute atomic E-state index is 0.814. The molecule has 0 heterocycles. The van der Waals surface area contributed by atoms with Gasteiger partial charge in [-0.1, -0.05) is 237 Å². The third kappa shape index (κ3) is 5.69. The second-order valence-corrected chi connectivity index (χ2v) is 22.3. The van der Waals surface area contributed by atoms with Crippen molar-refractivity contribution in [3.63, 3.8) is 0 Å². The molecule has 0 radical (unpaired) electrons. The van der Waals surface area contributed by atoms with Crippen LogP contribution in [0.15, 0.2) is 267 Å². The van der Waals surface area contributed by atoms with Gasteiger partial charge in [0.15, 0.2) is 0 Å². The average Bonchev–Trinajstić information content (AvgIpc) is 4.36. The van der Waals surface area contributed by atoms with Crippen LogP contribution < -0.4 is 4.74 Å². The third-order valence-corrected chi connectivity index (χ3v) is 18.4. The molecule has 1 nitrogen and oxygen atoms in total. The highest BCUT2D eigenvalue weighted by molar-refractivity contribution is 6.51. The Kier molecular flexibility index (Phi) is 8.58. The molecule has 0 aliphatic heterocycles. The van der Waals surface area contributed by atoms with Gasteiger partial charge in [0, 0.05) is 0 Å². The van der Waals surface area contributed by atoms with E-state index in [0.717, 1.165) is 11.5 Å². The number of hydrogen-bond donors (Lipinski definition) is 0. The molecule has 0 aromatic heterocycles. The maximum absolute atomic E-state index is 6.63.